The van der Waals surface area contributed by atoms with E-state index in [9.17, 15) is 13.2 Å². The minimum atomic E-state index is -3.33. The van der Waals surface area contributed by atoms with E-state index in [-0.39, 0.29) is 16.8 Å². The molecule has 10 heteroatoms. The van der Waals surface area contributed by atoms with Crippen LogP contribution in [0.3, 0.4) is 0 Å². The second kappa shape index (κ2) is 7.76. The number of aromatic nitrogens is 1. The van der Waals surface area contributed by atoms with Crippen LogP contribution in [0, 0.1) is 0 Å². The van der Waals surface area contributed by atoms with Crippen molar-refractivity contribution >= 4 is 44.0 Å². The number of rotatable bonds is 5. The third-order valence-electron chi connectivity index (χ3n) is 4.14. The number of fused-ring (bicyclic) bond motifs is 1. The molecule has 0 unspecified atom stereocenters. The van der Waals surface area contributed by atoms with Gasteiger partial charge in [-0.2, -0.15) is 5.10 Å². The second-order valence-corrected chi connectivity index (χ2v) is 8.46. The number of hydrogen-bond acceptors (Lipinski definition) is 5. The lowest BCUT2D eigenvalue weighted by molar-refractivity contribution is 0.102. The lowest BCUT2D eigenvalue weighted by Crippen LogP contribution is -2.22. The molecule has 0 atom stereocenters. The number of H-pyrrole nitrogens is 1. The van der Waals surface area contributed by atoms with Crippen LogP contribution in [-0.4, -0.2) is 37.2 Å². The number of nitrogens with zero attached hydrogens (tertiary/aromatic N) is 2. The van der Waals surface area contributed by atoms with Gasteiger partial charge in [-0.25, -0.2) is 8.42 Å². The van der Waals surface area contributed by atoms with Gasteiger partial charge in [-0.15, -0.1) is 5.10 Å². The molecule has 0 fully saturated rings. The van der Waals surface area contributed by atoms with E-state index in [0.717, 1.165) is 17.2 Å². The summed E-state index contributed by atoms with van der Waals surface area (Å²) in [5, 5.41) is 11.0. The van der Waals surface area contributed by atoms with Crippen molar-refractivity contribution in [2.24, 2.45) is 21.7 Å². The Labute approximate surface area is 167 Å². The van der Waals surface area contributed by atoms with E-state index in [1.165, 1.54) is 12.1 Å². The topological polar surface area (TPSA) is 156 Å². The van der Waals surface area contributed by atoms with E-state index < -0.39 is 9.84 Å². The van der Waals surface area contributed by atoms with Crippen molar-refractivity contribution in [2.75, 3.05) is 11.6 Å². The molecule has 0 saturated heterocycles. The first kappa shape index (κ1) is 20.1. The van der Waals surface area contributed by atoms with E-state index >= 15 is 0 Å². The highest BCUT2D eigenvalue weighted by atomic mass is 32.2. The summed E-state index contributed by atoms with van der Waals surface area (Å²) in [7, 11) is -3.33. The van der Waals surface area contributed by atoms with Gasteiger partial charge in [0.2, 0.25) is 5.96 Å². The van der Waals surface area contributed by atoms with Crippen molar-refractivity contribution in [2.45, 2.75) is 11.8 Å². The molecule has 0 saturated carbocycles. The molecular weight excluding hydrogens is 392 g/mol. The Hall–Kier alpha value is -3.66. The van der Waals surface area contributed by atoms with Gasteiger partial charge >= 0.3 is 0 Å². The summed E-state index contributed by atoms with van der Waals surface area (Å²) < 4.78 is 23.4. The van der Waals surface area contributed by atoms with Gasteiger partial charge in [0.15, 0.2) is 9.84 Å². The van der Waals surface area contributed by atoms with Gasteiger partial charge in [-0.05, 0) is 42.8 Å². The first-order chi connectivity index (χ1) is 13.6. The summed E-state index contributed by atoms with van der Waals surface area (Å²) in [5.41, 5.74) is 13.4. The van der Waals surface area contributed by atoms with Crippen molar-refractivity contribution < 1.29 is 13.2 Å². The molecule has 1 aromatic heterocycles. The number of anilines is 1. The van der Waals surface area contributed by atoms with Crippen LogP contribution < -0.4 is 16.8 Å². The Kier molecular flexibility index (Phi) is 5.37. The van der Waals surface area contributed by atoms with Crippen LogP contribution in [-0.2, 0) is 9.84 Å². The van der Waals surface area contributed by atoms with Gasteiger partial charge in [-0.1, -0.05) is 18.2 Å². The van der Waals surface area contributed by atoms with Gasteiger partial charge < -0.3 is 21.8 Å². The number of guanidine groups is 1. The summed E-state index contributed by atoms with van der Waals surface area (Å²) in [5.74, 6) is -0.476. The molecule has 0 spiro atoms. The molecule has 3 aromatic rings. The van der Waals surface area contributed by atoms with Crippen LogP contribution in [0.5, 0.6) is 0 Å². The SMILES string of the molecule is C/C(=N/N=C(N)N)c1ccc(NC(=O)c2cc3ccc(S(C)(=O)=O)cc3[nH]2)cc1. The highest BCUT2D eigenvalue weighted by Crippen LogP contribution is 2.21. The van der Waals surface area contributed by atoms with Gasteiger partial charge in [-0.3, -0.25) is 4.79 Å². The smallest absolute Gasteiger partial charge is 0.272 e. The standard InChI is InChI=1S/C19H20N6O3S/c1-11(24-25-19(20)21)12-3-6-14(7-4-12)22-18(26)17-9-13-5-8-15(29(2,27)28)10-16(13)23-17/h3-10,23H,1-2H3,(H,22,26)(H4,20,21,25)/b24-11-. The lowest BCUT2D eigenvalue weighted by atomic mass is 10.1. The Morgan fingerprint density at radius 3 is 2.34 bits per heavy atom. The molecule has 0 radical (unpaired) electrons. The van der Waals surface area contributed by atoms with E-state index in [4.69, 9.17) is 11.5 Å². The zero-order valence-electron chi connectivity index (χ0n) is 15.8. The molecule has 150 valence electrons. The largest absolute Gasteiger partial charge is 0.369 e. The fourth-order valence-electron chi connectivity index (χ4n) is 2.64. The van der Waals surface area contributed by atoms with Crippen molar-refractivity contribution in [3.8, 4) is 0 Å². The quantitative estimate of drug-likeness (QED) is 0.286. The maximum atomic E-state index is 12.5. The fraction of sp³-hybridized carbons (Fsp3) is 0.105. The number of carbonyl (C=O) groups excluding carboxylic acids is 1. The van der Waals surface area contributed by atoms with E-state index in [2.05, 4.69) is 20.5 Å². The van der Waals surface area contributed by atoms with E-state index in [0.29, 0.717) is 22.6 Å². The van der Waals surface area contributed by atoms with E-state index in [1.54, 1.807) is 43.3 Å². The monoisotopic (exact) mass is 412 g/mol. The van der Waals surface area contributed by atoms with Gasteiger partial charge in [0.25, 0.3) is 5.91 Å². The van der Waals surface area contributed by atoms with Crippen LogP contribution in [0.1, 0.15) is 23.0 Å². The molecule has 3 rings (SSSR count). The molecule has 0 bridgehead atoms. The molecule has 6 N–H and O–H groups in total. The van der Waals surface area contributed by atoms with E-state index in [1.807, 2.05) is 0 Å². The second-order valence-electron chi connectivity index (χ2n) is 6.45. The average molecular weight is 412 g/mol. The highest BCUT2D eigenvalue weighted by Gasteiger charge is 2.13. The third-order valence-corrected chi connectivity index (χ3v) is 5.25. The predicted molar refractivity (Wildman–Crippen MR) is 114 cm³/mol. The maximum absolute atomic E-state index is 12.5. The van der Waals surface area contributed by atoms with Crippen LogP contribution >= 0.6 is 0 Å². The lowest BCUT2D eigenvalue weighted by Gasteiger charge is -2.05. The van der Waals surface area contributed by atoms with Crippen LogP contribution in [0.2, 0.25) is 0 Å². The average Bonchev–Trinajstić information content (AvgIpc) is 3.09. The predicted octanol–water partition coefficient (Wildman–Crippen LogP) is 1.82. The van der Waals surface area contributed by atoms with Crippen molar-refractivity contribution in [3.63, 3.8) is 0 Å². The summed E-state index contributed by atoms with van der Waals surface area (Å²) in [4.78, 5) is 15.7. The Morgan fingerprint density at radius 1 is 1.03 bits per heavy atom. The summed E-state index contributed by atoms with van der Waals surface area (Å²) in [6, 6.07) is 13.4. The third kappa shape index (κ3) is 4.79. The van der Waals surface area contributed by atoms with Crippen LogP contribution in [0.25, 0.3) is 10.9 Å². The number of amides is 1. The molecule has 9 nitrogen and oxygen atoms in total. The molecule has 2 aromatic carbocycles. The van der Waals surface area contributed by atoms with Gasteiger partial charge in [0.05, 0.1) is 10.6 Å². The number of carbonyl (C=O) groups is 1. The minimum Gasteiger partial charge on any atom is -0.369 e. The van der Waals surface area contributed by atoms with Gasteiger partial charge in [0, 0.05) is 22.8 Å². The van der Waals surface area contributed by atoms with Crippen LogP contribution in [0.4, 0.5) is 5.69 Å². The summed E-state index contributed by atoms with van der Waals surface area (Å²) in [6.45, 7) is 1.76. The van der Waals surface area contributed by atoms with Crippen LogP contribution in [0.15, 0.2) is 63.6 Å². The normalized spacial score (nSPS) is 12.0. The molecule has 29 heavy (non-hydrogen) atoms. The summed E-state index contributed by atoms with van der Waals surface area (Å²) >= 11 is 0. The maximum Gasteiger partial charge on any atom is 0.272 e. The molecule has 1 heterocycles. The molecule has 0 aliphatic heterocycles. The molecular formula is C19H20N6O3S. The highest BCUT2D eigenvalue weighted by molar-refractivity contribution is 7.90. The zero-order chi connectivity index (χ0) is 21.2. The number of benzene rings is 2. The first-order valence-electron chi connectivity index (χ1n) is 8.51. The number of nitrogens with one attached hydrogen (secondary N) is 2. The zero-order valence-corrected chi connectivity index (χ0v) is 16.6. The molecule has 0 aliphatic rings. The Balaban J connectivity index is 1.78. The number of sulfone groups is 1. The fourth-order valence-corrected chi connectivity index (χ4v) is 3.29. The number of nitrogens with two attached hydrogens (primary N) is 2. The van der Waals surface area contributed by atoms with Crippen molar-refractivity contribution in [3.05, 3.63) is 59.8 Å². The minimum absolute atomic E-state index is 0.129. The first-order valence-corrected chi connectivity index (χ1v) is 10.4. The molecule has 0 aliphatic carbocycles. The van der Waals surface area contributed by atoms with Crippen molar-refractivity contribution in [1.82, 2.24) is 4.98 Å². The van der Waals surface area contributed by atoms with Crippen molar-refractivity contribution in [1.29, 1.82) is 0 Å². The molecule has 1 amide bonds. The summed E-state index contributed by atoms with van der Waals surface area (Å²) in [6.07, 6.45) is 1.14. The number of hydrogen-bond donors (Lipinski definition) is 4. The van der Waals surface area contributed by atoms with Gasteiger partial charge in [0.1, 0.15) is 5.69 Å². The Bertz CT molecular complexity index is 1240. The number of aromatic amines is 1. The Morgan fingerprint density at radius 2 is 1.72 bits per heavy atom.